The third kappa shape index (κ3) is 4.59. The highest BCUT2D eigenvalue weighted by atomic mass is 32.2. The molecule has 12 heteroatoms. The van der Waals surface area contributed by atoms with Gasteiger partial charge in [-0.1, -0.05) is 31.5 Å². The number of benzene rings is 1. The quantitative estimate of drug-likeness (QED) is 0.469. The lowest BCUT2D eigenvalue weighted by Gasteiger charge is -2.12. The van der Waals surface area contributed by atoms with Crippen LogP contribution in [0.5, 0.6) is 11.5 Å². The summed E-state index contributed by atoms with van der Waals surface area (Å²) in [5, 5.41) is 0.547. The first-order valence-corrected chi connectivity index (χ1v) is 12.3. The maximum Gasteiger partial charge on any atom is 0.231 e. The Hall–Kier alpha value is -3.01. The van der Waals surface area contributed by atoms with Crippen LogP contribution in [0.15, 0.2) is 28.5 Å². The lowest BCUT2D eigenvalue weighted by molar-refractivity contribution is 0.174. The molecule has 0 fully saturated rings. The number of nitrogen functional groups attached to an aromatic ring is 1. The van der Waals surface area contributed by atoms with E-state index < -0.39 is 10.0 Å². The highest BCUT2D eigenvalue weighted by Crippen LogP contribution is 2.40. The second kappa shape index (κ2) is 8.85. The van der Waals surface area contributed by atoms with Crippen LogP contribution in [0.4, 0.5) is 5.82 Å². The van der Waals surface area contributed by atoms with Crippen LogP contribution in [0.3, 0.4) is 0 Å². The molecule has 1 aliphatic rings. The Bertz CT molecular complexity index is 1310. The number of hydrogen-bond acceptors (Lipinski definition) is 9. The number of ether oxygens (including phenoxy) is 2. The van der Waals surface area contributed by atoms with Gasteiger partial charge in [-0.3, -0.25) is 0 Å². The van der Waals surface area contributed by atoms with Crippen LogP contribution in [-0.4, -0.2) is 47.0 Å². The van der Waals surface area contributed by atoms with Gasteiger partial charge in [-0.15, -0.1) is 6.42 Å². The summed E-state index contributed by atoms with van der Waals surface area (Å²) in [5.74, 6) is 4.14. The molecule has 0 saturated carbocycles. The van der Waals surface area contributed by atoms with Crippen molar-refractivity contribution in [1.29, 1.82) is 0 Å². The molecule has 0 aliphatic carbocycles. The van der Waals surface area contributed by atoms with Crippen LogP contribution >= 0.6 is 11.8 Å². The zero-order valence-electron chi connectivity index (χ0n) is 17.5. The van der Waals surface area contributed by atoms with Gasteiger partial charge < -0.3 is 19.8 Å². The molecule has 1 aromatic carbocycles. The number of terminal acetylenes is 1. The standard InChI is InChI=1S/C20H22N6O4S2/c1-4-13-7-14-15(30-11-29-14)8-16(13)31-20-25-17-18(21)22-10-23-19(17)26(20)6-5-24-32(27,28)9-12(2)3/h1,7-8,10,12,24H,5-6,9,11H2,2-3H3,(H2,21,22,23). The molecule has 168 valence electrons. The third-order valence-electron chi connectivity index (χ3n) is 4.57. The van der Waals surface area contributed by atoms with E-state index in [4.69, 9.17) is 21.6 Å². The SMILES string of the molecule is C#Cc1cc2c(cc1Sc1nc3c(N)ncnc3n1CCNS(=O)(=O)CC(C)C)OCO2. The van der Waals surface area contributed by atoms with Gasteiger partial charge in [-0.05, 0) is 12.0 Å². The largest absolute Gasteiger partial charge is 0.454 e. The van der Waals surface area contributed by atoms with Gasteiger partial charge in [-0.2, -0.15) is 0 Å². The molecular weight excluding hydrogens is 452 g/mol. The van der Waals surface area contributed by atoms with E-state index in [2.05, 4.69) is 25.6 Å². The summed E-state index contributed by atoms with van der Waals surface area (Å²) in [6.45, 7) is 4.30. The minimum absolute atomic E-state index is 0.0217. The van der Waals surface area contributed by atoms with Crippen molar-refractivity contribution in [2.45, 2.75) is 30.4 Å². The van der Waals surface area contributed by atoms with Crippen molar-refractivity contribution in [2.75, 3.05) is 24.8 Å². The minimum Gasteiger partial charge on any atom is -0.454 e. The Kier molecular flexibility index (Phi) is 6.14. The molecule has 0 radical (unpaired) electrons. The van der Waals surface area contributed by atoms with E-state index in [1.54, 1.807) is 16.7 Å². The van der Waals surface area contributed by atoms with Gasteiger partial charge in [0.05, 0.1) is 5.75 Å². The van der Waals surface area contributed by atoms with Gasteiger partial charge in [0.1, 0.15) is 6.33 Å². The van der Waals surface area contributed by atoms with Crippen molar-refractivity contribution < 1.29 is 17.9 Å². The van der Waals surface area contributed by atoms with Crippen LogP contribution in [0.2, 0.25) is 0 Å². The van der Waals surface area contributed by atoms with Crippen LogP contribution in [0.1, 0.15) is 19.4 Å². The van der Waals surface area contributed by atoms with E-state index in [1.165, 1.54) is 18.1 Å². The number of imidazole rings is 1. The molecule has 2 aromatic heterocycles. The molecule has 1 aliphatic heterocycles. The molecule has 3 N–H and O–H groups in total. The van der Waals surface area contributed by atoms with E-state index >= 15 is 0 Å². The molecule has 10 nitrogen and oxygen atoms in total. The molecule has 32 heavy (non-hydrogen) atoms. The number of hydrogen-bond donors (Lipinski definition) is 2. The average Bonchev–Trinajstić information content (AvgIpc) is 3.31. The molecule has 0 amide bonds. The van der Waals surface area contributed by atoms with E-state index in [0.717, 1.165) is 4.90 Å². The smallest absolute Gasteiger partial charge is 0.231 e. The number of aromatic nitrogens is 4. The van der Waals surface area contributed by atoms with Crippen LogP contribution in [0, 0.1) is 18.3 Å². The molecule has 0 atom stereocenters. The maximum atomic E-state index is 12.2. The Morgan fingerprint density at radius 2 is 2.06 bits per heavy atom. The number of nitrogens with zero attached hydrogens (tertiary/aromatic N) is 4. The van der Waals surface area contributed by atoms with Crippen LogP contribution in [0.25, 0.3) is 11.2 Å². The van der Waals surface area contributed by atoms with Gasteiger partial charge in [0.2, 0.25) is 16.8 Å². The number of rotatable bonds is 8. The second-order valence-electron chi connectivity index (χ2n) is 7.49. The van der Waals surface area contributed by atoms with Crippen molar-refractivity contribution >= 4 is 38.8 Å². The molecule has 3 heterocycles. The van der Waals surface area contributed by atoms with Crippen LogP contribution in [-0.2, 0) is 16.6 Å². The van der Waals surface area contributed by atoms with Crippen molar-refractivity contribution in [3.63, 3.8) is 0 Å². The molecule has 4 rings (SSSR count). The normalized spacial score (nSPS) is 13.1. The fourth-order valence-electron chi connectivity index (χ4n) is 3.24. The predicted octanol–water partition coefficient (Wildman–Crippen LogP) is 1.85. The zero-order chi connectivity index (χ0) is 22.9. The summed E-state index contributed by atoms with van der Waals surface area (Å²) >= 11 is 1.31. The fourth-order valence-corrected chi connectivity index (χ4v) is 5.66. The van der Waals surface area contributed by atoms with E-state index in [1.807, 2.05) is 13.8 Å². The average molecular weight is 475 g/mol. The number of sulfonamides is 1. The first kappa shape index (κ1) is 22.2. The molecule has 0 unspecified atom stereocenters. The Balaban J connectivity index is 1.66. The maximum absolute atomic E-state index is 12.2. The van der Waals surface area contributed by atoms with E-state index in [9.17, 15) is 8.42 Å². The summed E-state index contributed by atoms with van der Waals surface area (Å²) in [5.41, 5.74) is 7.56. The Morgan fingerprint density at radius 1 is 1.31 bits per heavy atom. The summed E-state index contributed by atoms with van der Waals surface area (Å²) in [4.78, 5) is 13.6. The van der Waals surface area contributed by atoms with Gasteiger partial charge in [-0.25, -0.2) is 28.1 Å². The first-order valence-electron chi connectivity index (χ1n) is 9.79. The topological polar surface area (TPSA) is 134 Å². The Morgan fingerprint density at radius 3 is 2.78 bits per heavy atom. The van der Waals surface area contributed by atoms with Crippen molar-refractivity contribution in [1.82, 2.24) is 24.2 Å². The molecule has 0 bridgehead atoms. The lowest BCUT2D eigenvalue weighted by atomic mass is 10.2. The molecular formula is C20H22N6O4S2. The number of anilines is 1. The molecule has 0 spiro atoms. The molecule has 3 aromatic rings. The first-order chi connectivity index (χ1) is 15.3. The fraction of sp³-hybridized carbons (Fsp3) is 0.350. The summed E-state index contributed by atoms with van der Waals surface area (Å²) in [7, 11) is -3.39. The summed E-state index contributed by atoms with van der Waals surface area (Å²) < 4.78 is 39.7. The molecule has 0 saturated heterocycles. The monoisotopic (exact) mass is 474 g/mol. The minimum atomic E-state index is -3.39. The number of nitrogens with one attached hydrogen (secondary N) is 1. The third-order valence-corrected chi connectivity index (χ3v) is 7.37. The second-order valence-corrected chi connectivity index (χ2v) is 10.4. The van der Waals surface area contributed by atoms with Gasteiger partial charge in [0.15, 0.2) is 33.6 Å². The van der Waals surface area contributed by atoms with Gasteiger partial charge >= 0.3 is 0 Å². The number of fused-ring (bicyclic) bond motifs is 2. The lowest BCUT2D eigenvalue weighted by Crippen LogP contribution is -2.31. The predicted molar refractivity (Wildman–Crippen MR) is 121 cm³/mol. The van der Waals surface area contributed by atoms with Gasteiger partial charge in [0.25, 0.3) is 0 Å². The van der Waals surface area contributed by atoms with E-state index in [-0.39, 0.29) is 30.8 Å². The summed E-state index contributed by atoms with van der Waals surface area (Å²) in [6, 6.07) is 3.54. The Labute approximate surface area is 190 Å². The van der Waals surface area contributed by atoms with Crippen molar-refractivity contribution in [3.05, 3.63) is 24.0 Å². The van der Waals surface area contributed by atoms with Crippen molar-refractivity contribution in [2.24, 2.45) is 5.92 Å². The van der Waals surface area contributed by atoms with Gasteiger partial charge in [0, 0.05) is 29.6 Å². The highest BCUT2D eigenvalue weighted by molar-refractivity contribution is 7.99. The zero-order valence-corrected chi connectivity index (χ0v) is 19.2. The van der Waals surface area contributed by atoms with E-state index in [0.29, 0.717) is 39.9 Å². The van der Waals surface area contributed by atoms with Crippen molar-refractivity contribution in [3.8, 4) is 23.8 Å². The summed E-state index contributed by atoms with van der Waals surface area (Å²) in [6.07, 6.45) is 7.05. The van der Waals surface area contributed by atoms with Crippen LogP contribution < -0.4 is 19.9 Å². The number of nitrogens with two attached hydrogens (primary N) is 1. The highest BCUT2D eigenvalue weighted by Gasteiger charge is 2.21.